The van der Waals surface area contributed by atoms with Crippen LogP contribution in [0, 0.1) is 0 Å². The number of aromatic nitrogens is 5. The summed E-state index contributed by atoms with van der Waals surface area (Å²) in [6.07, 6.45) is 3.82. The van der Waals surface area contributed by atoms with Gasteiger partial charge in [-0.2, -0.15) is 21.4 Å². The van der Waals surface area contributed by atoms with Crippen molar-refractivity contribution in [3.05, 3.63) is 65.2 Å². The van der Waals surface area contributed by atoms with Crippen LogP contribution in [0.4, 0.5) is 0 Å². The SMILES string of the molecule is C[C@H](NC(=O)CCc1nc(-c2ccsc2)no1)c1ccc(-n2cncn2)cc1. The van der Waals surface area contributed by atoms with Crippen LogP contribution in [0.2, 0.25) is 0 Å². The van der Waals surface area contributed by atoms with Crippen LogP contribution >= 0.6 is 11.3 Å². The molecule has 0 saturated carbocycles. The van der Waals surface area contributed by atoms with Gasteiger partial charge in [-0.15, -0.1) is 0 Å². The van der Waals surface area contributed by atoms with Crippen molar-refractivity contribution in [1.29, 1.82) is 0 Å². The van der Waals surface area contributed by atoms with Gasteiger partial charge in [-0.1, -0.05) is 17.3 Å². The molecule has 0 radical (unpaired) electrons. The number of thiophene rings is 1. The highest BCUT2D eigenvalue weighted by Crippen LogP contribution is 2.19. The normalized spacial score (nSPS) is 12.0. The van der Waals surface area contributed by atoms with E-state index in [1.165, 1.54) is 6.33 Å². The Bertz CT molecular complexity index is 1030. The van der Waals surface area contributed by atoms with Crippen molar-refractivity contribution in [3.8, 4) is 17.1 Å². The molecule has 0 unspecified atom stereocenters. The molecule has 4 aromatic rings. The number of nitrogens with zero attached hydrogens (tertiary/aromatic N) is 5. The molecular formula is C19H18N6O2S. The van der Waals surface area contributed by atoms with Crippen molar-refractivity contribution in [1.82, 2.24) is 30.2 Å². The second-order valence-electron chi connectivity index (χ2n) is 6.24. The largest absolute Gasteiger partial charge is 0.350 e. The first-order valence-electron chi connectivity index (χ1n) is 8.78. The summed E-state index contributed by atoms with van der Waals surface area (Å²) in [4.78, 5) is 20.5. The van der Waals surface area contributed by atoms with Gasteiger partial charge in [0.15, 0.2) is 0 Å². The maximum Gasteiger partial charge on any atom is 0.227 e. The van der Waals surface area contributed by atoms with E-state index in [0.29, 0.717) is 18.1 Å². The molecule has 1 aromatic carbocycles. The first-order valence-corrected chi connectivity index (χ1v) is 9.73. The molecule has 0 spiro atoms. The van der Waals surface area contributed by atoms with E-state index in [9.17, 15) is 4.79 Å². The van der Waals surface area contributed by atoms with Crippen molar-refractivity contribution in [2.24, 2.45) is 0 Å². The number of hydrogen-bond donors (Lipinski definition) is 1. The van der Waals surface area contributed by atoms with E-state index >= 15 is 0 Å². The fourth-order valence-corrected chi connectivity index (χ4v) is 3.37. The van der Waals surface area contributed by atoms with E-state index in [-0.39, 0.29) is 18.4 Å². The molecule has 0 fully saturated rings. The van der Waals surface area contributed by atoms with E-state index in [4.69, 9.17) is 4.52 Å². The first kappa shape index (κ1) is 18.1. The van der Waals surface area contributed by atoms with Gasteiger partial charge in [-0.3, -0.25) is 4.79 Å². The van der Waals surface area contributed by atoms with Gasteiger partial charge in [0.25, 0.3) is 0 Å². The molecule has 3 heterocycles. The monoisotopic (exact) mass is 394 g/mol. The van der Waals surface area contributed by atoms with Gasteiger partial charge >= 0.3 is 0 Å². The smallest absolute Gasteiger partial charge is 0.227 e. The molecule has 0 bridgehead atoms. The number of carbonyl (C=O) groups excluding carboxylic acids is 1. The van der Waals surface area contributed by atoms with Crippen LogP contribution < -0.4 is 5.32 Å². The molecule has 0 aliphatic carbocycles. The fraction of sp³-hybridized carbons (Fsp3) is 0.211. The minimum Gasteiger partial charge on any atom is -0.350 e. The third-order valence-electron chi connectivity index (χ3n) is 4.27. The number of aryl methyl sites for hydroxylation is 1. The molecule has 3 aromatic heterocycles. The molecule has 8 nitrogen and oxygen atoms in total. The van der Waals surface area contributed by atoms with Crippen molar-refractivity contribution in [2.75, 3.05) is 0 Å². The van der Waals surface area contributed by atoms with Gasteiger partial charge in [-0.05, 0) is 36.1 Å². The van der Waals surface area contributed by atoms with Crippen molar-refractivity contribution in [2.45, 2.75) is 25.8 Å². The van der Waals surface area contributed by atoms with Gasteiger partial charge < -0.3 is 9.84 Å². The highest BCUT2D eigenvalue weighted by atomic mass is 32.1. The molecule has 0 aliphatic heterocycles. The topological polar surface area (TPSA) is 98.7 Å². The van der Waals surface area contributed by atoms with Gasteiger partial charge in [0.1, 0.15) is 12.7 Å². The molecule has 0 saturated heterocycles. The Balaban J connectivity index is 1.30. The molecule has 28 heavy (non-hydrogen) atoms. The summed E-state index contributed by atoms with van der Waals surface area (Å²) in [5, 5.41) is 15.0. The molecule has 0 aliphatic rings. The highest BCUT2D eigenvalue weighted by Gasteiger charge is 2.13. The Morgan fingerprint density at radius 2 is 2.14 bits per heavy atom. The number of hydrogen-bond acceptors (Lipinski definition) is 7. The number of rotatable bonds is 7. The third-order valence-corrected chi connectivity index (χ3v) is 4.95. The van der Waals surface area contributed by atoms with E-state index in [2.05, 4.69) is 25.5 Å². The molecule has 4 rings (SSSR count). The Labute approximate surface area is 165 Å². The number of amides is 1. The summed E-state index contributed by atoms with van der Waals surface area (Å²) in [6.45, 7) is 1.95. The average molecular weight is 394 g/mol. The summed E-state index contributed by atoms with van der Waals surface area (Å²) in [5.74, 6) is 0.946. The van der Waals surface area contributed by atoms with Gasteiger partial charge in [0.2, 0.25) is 17.6 Å². The molecule has 142 valence electrons. The van der Waals surface area contributed by atoms with Gasteiger partial charge in [0.05, 0.1) is 11.7 Å². The quantitative estimate of drug-likeness (QED) is 0.517. The van der Waals surface area contributed by atoms with E-state index in [1.807, 2.05) is 48.0 Å². The molecule has 1 atom stereocenters. The zero-order chi connectivity index (χ0) is 19.3. The minimum atomic E-state index is -0.110. The Morgan fingerprint density at radius 3 is 2.86 bits per heavy atom. The zero-order valence-electron chi connectivity index (χ0n) is 15.1. The predicted octanol–water partition coefficient (Wildman–Crippen LogP) is 3.19. The third kappa shape index (κ3) is 4.15. The summed E-state index contributed by atoms with van der Waals surface area (Å²) in [5.41, 5.74) is 2.85. The standard InChI is InChI=1S/C19H18N6O2S/c1-13(14-2-4-16(5-3-14)25-12-20-11-21-25)22-17(26)6-7-18-23-19(24-27-18)15-8-9-28-10-15/h2-5,8-13H,6-7H2,1H3,(H,22,26)/t13-/m0/s1. The summed E-state index contributed by atoms with van der Waals surface area (Å²) in [6, 6.07) is 9.64. The van der Waals surface area contributed by atoms with Crippen molar-refractivity contribution < 1.29 is 9.32 Å². The second kappa shape index (κ2) is 8.13. The zero-order valence-corrected chi connectivity index (χ0v) is 16.0. The molecule has 9 heteroatoms. The van der Waals surface area contributed by atoms with Crippen molar-refractivity contribution >= 4 is 17.2 Å². The van der Waals surface area contributed by atoms with Crippen LogP contribution in [-0.4, -0.2) is 30.8 Å². The van der Waals surface area contributed by atoms with Crippen LogP contribution in [0.5, 0.6) is 0 Å². The number of carbonyl (C=O) groups is 1. The summed E-state index contributed by atoms with van der Waals surface area (Å²) < 4.78 is 6.91. The Hall–Kier alpha value is -3.33. The fourth-order valence-electron chi connectivity index (χ4n) is 2.74. The maximum absolute atomic E-state index is 12.3. The van der Waals surface area contributed by atoms with E-state index in [1.54, 1.807) is 22.3 Å². The lowest BCUT2D eigenvalue weighted by atomic mass is 10.1. The lowest BCUT2D eigenvalue weighted by Crippen LogP contribution is -2.26. The second-order valence-corrected chi connectivity index (χ2v) is 7.02. The molecule has 1 N–H and O–H groups in total. The summed E-state index contributed by atoms with van der Waals surface area (Å²) in [7, 11) is 0. The minimum absolute atomic E-state index is 0.0665. The highest BCUT2D eigenvalue weighted by molar-refractivity contribution is 7.08. The van der Waals surface area contributed by atoms with Crippen LogP contribution in [0.1, 0.15) is 30.8 Å². The van der Waals surface area contributed by atoms with Crippen LogP contribution in [0.3, 0.4) is 0 Å². The first-order chi connectivity index (χ1) is 13.7. The number of benzene rings is 1. The van der Waals surface area contributed by atoms with Crippen LogP contribution in [0.25, 0.3) is 17.1 Å². The number of nitrogens with one attached hydrogen (secondary N) is 1. The van der Waals surface area contributed by atoms with Crippen LogP contribution in [0.15, 0.2) is 58.3 Å². The lowest BCUT2D eigenvalue weighted by Gasteiger charge is -2.14. The average Bonchev–Trinajstić information content (AvgIpc) is 3.49. The molecular weight excluding hydrogens is 376 g/mol. The van der Waals surface area contributed by atoms with Gasteiger partial charge in [0, 0.05) is 23.8 Å². The van der Waals surface area contributed by atoms with Gasteiger partial charge in [-0.25, -0.2) is 9.67 Å². The maximum atomic E-state index is 12.3. The lowest BCUT2D eigenvalue weighted by molar-refractivity contribution is -0.121. The Kier molecular flexibility index (Phi) is 5.24. The van der Waals surface area contributed by atoms with Crippen LogP contribution in [-0.2, 0) is 11.2 Å². The Morgan fingerprint density at radius 1 is 1.29 bits per heavy atom. The summed E-state index contributed by atoms with van der Waals surface area (Å²) >= 11 is 1.57. The molecule has 1 amide bonds. The predicted molar refractivity (Wildman–Crippen MR) is 104 cm³/mol. The van der Waals surface area contributed by atoms with Crippen molar-refractivity contribution in [3.63, 3.8) is 0 Å². The van der Waals surface area contributed by atoms with E-state index < -0.39 is 0 Å². The van der Waals surface area contributed by atoms with E-state index in [0.717, 1.165) is 16.8 Å².